The van der Waals surface area contributed by atoms with Crippen molar-refractivity contribution in [3.63, 3.8) is 0 Å². The van der Waals surface area contributed by atoms with Gasteiger partial charge in [-0.2, -0.15) is 0 Å². The number of benzene rings is 1. The van der Waals surface area contributed by atoms with E-state index in [1.54, 1.807) is 24.4 Å². The second-order valence-corrected chi connectivity index (χ2v) is 5.14. The molecule has 0 bridgehead atoms. The quantitative estimate of drug-likeness (QED) is 0.850. The topological polar surface area (TPSA) is 80.3 Å². The molecule has 0 radical (unpaired) electrons. The molecule has 0 spiro atoms. The molecule has 0 aliphatic heterocycles. The van der Waals surface area contributed by atoms with Crippen LogP contribution >= 0.6 is 22.9 Å². The zero-order chi connectivity index (χ0) is 15.2. The van der Waals surface area contributed by atoms with E-state index in [-0.39, 0.29) is 12.3 Å². The van der Waals surface area contributed by atoms with Gasteiger partial charge in [0.2, 0.25) is 0 Å². The van der Waals surface area contributed by atoms with E-state index in [9.17, 15) is 9.59 Å². The maximum absolute atomic E-state index is 11.8. The Balaban J connectivity index is 2.00. The van der Waals surface area contributed by atoms with Gasteiger partial charge in [-0.25, -0.2) is 15.2 Å². The van der Waals surface area contributed by atoms with Gasteiger partial charge in [0.05, 0.1) is 6.61 Å². The molecule has 0 fully saturated rings. The summed E-state index contributed by atoms with van der Waals surface area (Å²) < 4.78 is 4.62. The molecule has 2 aromatic rings. The number of nitrogens with zero attached hydrogens (tertiary/aromatic N) is 1. The van der Waals surface area contributed by atoms with Crippen molar-refractivity contribution >= 4 is 34.9 Å². The van der Waals surface area contributed by atoms with Crippen molar-refractivity contribution in [1.29, 1.82) is 0 Å². The van der Waals surface area contributed by atoms with Crippen LogP contribution in [-0.4, -0.2) is 23.6 Å². The predicted octanol–water partition coefficient (Wildman–Crippen LogP) is 2.85. The van der Waals surface area contributed by atoms with Gasteiger partial charge in [0, 0.05) is 16.0 Å². The molecule has 21 heavy (non-hydrogen) atoms. The summed E-state index contributed by atoms with van der Waals surface area (Å²) >= 11 is 7.14. The summed E-state index contributed by atoms with van der Waals surface area (Å²) in [6.07, 6.45) is -0.723. The molecule has 1 aromatic carbocycles. The van der Waals surface area contributed by atoms with Crippen molar-refractivity contribution in [2.75, 3.05) is 6.61 Å². The third kappa shape index (κ3) is 4.17. The third-order valence-electron chi connectivity index (χ3n) is 2.38. The highest BCUT2D eigenvalue weighted by molar-refractivity contribution is 7.13. The first kappa shape index (κ1) is 15.3. The molecule has 0 atom stereocenters. The molecule has 1 aromatic heterocycles. The average molecular weight is 326 g/mol. The first-order chi connectivity index (χ1) is 10.1. The van der Waals surface area contributed by atoms with Gasteiger partial charge in [0.15, 0.2) is 0 Å². The second-order valence-electron chi connectivity index (χ2n) is 3.84. The van der Waals surface area contributed by atoms with Crippen LogP contribution in [0.2, 0.25) is 5.02 Å². The van der Waals surface area contributed by atoms with E-state index >= 15 is 0 Å². The summed E-state index contributed by atoms with van der Waals surface area (Å²) in [5.74, 6) is -0.514. The van der Waals surface area contributed by atoms with Crippen LogP contribution in [-0.2, 0) is 4.74 Å². The number of hydrogen-bond acceptors (Lipinski definition) is 5. The minimum atomic E-state index is -0.723. The van der Waals surface area contributed by atoms with Gasteiger partial charge in [0.25, 0.3) is 5.91 Å². The highest BCUT2D eigenvalue weighted by Crippen LogP contribution is 2.24. The smallest absolute Gasteiger partial charge is 0.426 e. The zero-order valence-electron chi connectivity index (χ0n) is 11.1. The van der Waals surface area contributed by atoms with Gasteiger partial charge < -0.3 is 4.74 Å². The fourth-order valence-corrected chi connectivity index (χ4v) is 2.37. The molecule has 0 aliphatic rings. The van der Waals surface area contributed by atoms with Gasteiger partial charge in [-0.15, -0.1) is 11.3 Å². The second kappa shape index (κ2) is 7.05. The summed E-state index contributed by atoms with van der Waals surface area (Å²) in [5.41, 5.74) is 5.41. The lowest BCUT2D eigenvalue weighted by Crippen LogP contribution is -2.42. The molecule has 0 saturated carbocycles. The Morgan fingerprint density at radius 1 is 1.29 bits per heavy atom. The summed E-state index contributed by atoms with van der Waals surface area (Å²) in [6.45, 7) is 1.89. The Morgan fingerprint density at radius 3 is 2.67 bits per heavy atom. The maximum atomic E-state index is 11.8. The van der Waals surface area contributed by atoms with Crippen LogP contribution in [0, 0.1) is 0 Å². The van der Waals surface area contributed by atoms with Gasteiger partial charge in [-0.1, -0.05) is 23.7 Å². The Morgan fingerprint density at radius 2 is 2.00 bits per heavy atom. The van der Waals surface area contributed by atoms with Crippen molar-refractivity contribution in [2.45, 2.75) is 6.92 Å². The van der Waals surface area contributed by atoms with Gasteiger partial charge >= 0.3 is 6.09 Å². The number of carbonyl (C=O) groups excluding carboxylic acids is 2. The van der Waals surface area contributed by atoms with Gasteiger partial charge in [0.1, 0.15) is 10.7 Å². The monoisotopic (exact) mass is 325 g/mol. The molecule has 0 aliphatic carbocycles. The molecular formula is C13H12ClN3O3S. The van der Waals surface area contributed by atoms with Gasteiger partial charge in [-0.3, -0.25) is 10.2 Å². The van der Waals surface area contributed by atoms with Crippen LogP contribution in [0.3, 0.4) is 0 Å². The molecule has 8 heteroatoms. The molecule has 1 heterocycles. The molecule has 6 nitrogen and oxygen atoms in total. The highest BCUT2D eigenvalue weighted by atomic mass is 35.5. The lowest BCUT2D eigenvalue weighted by molar-refractivity contribution is 0.0908. The SMILES string of the molecule is CCOC(=O)NNC(=O)c1csc(-c2ccc(Cl)cc2)n1. The van der Waals surface area contributed by atoms with E-state index in [1.807, 2.05) is 12.1 Å². The average Bonchev–Trinajstić information content (AvgIpc) is 2.96. The van der Waals surface area contributed by atoms with Crippen molar-refractivity contribution in [2.24, 2.45) is 0 Å². The number of amides is 2. The van der Waals surface area contributed by atoms with Crippen LogP contribution in [0.1, 0.15) is 17.4 Å². The number of hydrogen-bond donors (Lipinski definition) is 2. The van der Waals surface area contributed by atoms with Crippen LogP contribution < -0.4 is 10.9 Å². The lowest BCUT2D eigenvalue weighted by Gasteiger charge is -2.05. The van der Waals surface area contributed by atoms with Gasteiger partial charge in [-0.05, 0) is 19.1 Å². The lowest BCUT2D eigenvalue weighted by atomic mass is 10.2. The minimum absolute atomic E-state index is 0.210. The third-order valence-corrected chi connectivity index (χ3v) is 3.52. The minimum Gasteiger partial charge on any atom is -0.449 e. The van der Waals surface area contributed by atoms with E-state index in [4.69, 9.17) is 11.6 Å². The van der Waals surface area contributed by atoms with E-state index in [1.165, 1.54) is 11.3 Å². The van der Waals surface area contributed by atoms with E-state index in [0.29, 0.717) is 10.0 Å². The molecule has 0 saturated heterocycles. The number of aromatic nitrogens is 1. The summed E-state index contributed by atoms with van der Waals surface area (Å²) in [5, 5.41) is 2.92. The first-order valence-corrected chi connectivity index (χ1v) is 7.30. The summed E-state index contributed by atoms with van der Waals surface area (Å²) in [6, 6.07) is 7.14. The van der Waals surface area contributed by atoms with Crippen LogP contribution in [0.4, 0.5) is 4.79 Å². The molecule has 0 unspecified atom stereocenters. The summed E-state index contributed by atoms with van der Waals surface area (Å²) in [4.78, 5) is 27.1. The number of hydrazine groups is 1. The number of rotatable bonds is 3. The Hall–Kier alpha value is -2.12. The molecule has 2 rings (SSSR count). The van der Waals surface area contributed by atoms with Crippen molar-refractivity contribution in [1.82, 2.24) is 15.8 Å². The molecular weight excluding hydrogens is 314 g/mol. The fraction of sp³-hybridized carbons (Fsp3) is 0.154. The number of thiazole rings is 1. The number of halogens is 1. The van der Waals surface area contributed by atoms with E-state index < -0.39 is 12.0 Å². The van der Waals surface area contributed by atoms with E-state index in [0.717, 1.165) is 5.56 Å². The number of ether oxygens (including phenoxy) is 1. The Labute approximate surface area is 130 Å². The number of carbonyl (C=O) groups is 2. The van der Waals surface area contributed by atoms with Crippen molar-refractivity contribution < 1.29 is 14.3 Å². The van der Waals surface area contributed by atoms with E-state index in [2.05, 4.69) is 20.6 Å². The number of nitrogens with one attached hydrogen (secondary N) is 2. The van der Waals surface area contributed by atoms with Crippen molar-refractivity contribution in [3.8, 4) is 10.6 Å². The summed E-state index contributed by atoms with van der Waals surface area (Å²) in [7, 11) is 0. The van der Waals surface area contributed by atoms with Crippen LogP contribution in [0.5, 0.6) is 0 Å². The normalized spacial score (nSPS) is 10.0. The molecule has 110 valence electrons. The molecule has 2 amide bonds. The Bertz CT molecular complexity index is 642. The first-order valence-electron chi connectivity index (χ1n) is 6.04. The fourth-order valence-electron chi connectivity index (χ4n) is 1.44. The largest absolute Gasteiger partial charge is 0.449 e. The van der Waals surface area contributed by atoms with Crippen LogP contribution in [0.15, 0.2) is 29.6 Å². The standard InChI is InChI=1S/C13H12ClN3O3S/c1-2-20-13(19)17-16-11(18)10-7-21-12(15-10)8-3-5-9(14)6-4-8/h3-7H,2H2,1H3,(H,16,18)(H,17,19). The zero-order valence-corrected chi connectivity index (χ0v) is 12.6. The maximum Gasteiger partial charge on any atom is 0.426 e. The Kier molecular flexibility index (Phi) is 5.13. The van der Waals surface area contributed by atoms with Crippen molar-refractivity contribution in [3.05, 3.63) is 40.4 Å². The highest BCUT2D eigenvalue weighted by Gasteiger charge is 2.12. The molecule has 2 N–H and O–H groups in total. The van der Waals surface area contributed by atoms with Crippen LogP contribution in [0.25, 0.3) is 10.6 Å². The predicted molar refractivity (Wildman–Crippen MR) is 80.2 cm³/mol.